The van der Waals surface area contributed by atoms with E-state index >= 15 is 0 Å². The number of hydrogen-bond donors (Lipinski definition) is 1. The Balaban J connectivity index is 1.55. The summed E-state index contributed by atoms with van der Waals surface area (Å²) in [4.78, 5) is 33.2. The molecule has 6 nitrogen and oxygen atoms in total. The van der Waals surface area contributed by atoms with Crippen molar-refractivity contribution < 1.29 is 9.53 Å². The van der Waals surface area contributed by atoms with Crippen molar-refractivity contribution in [1.82, 2.24) is 14.9 Å². The number of amides is 1. The minimum atomic E-state index is -0.00487. The number of rotatable bonds is 9. The first-order valence-electron chi connectivity index (χ1n) is 12.0. The van der Waals surface area contributed by atoms with Gasteiger partial charge >= 0.3 is 0 Å². The summed E-state index contributed by atoms with van der Waals surface area (Å²) in [6.07, 6.45) is 8.43. The van der Waals surface area contributed by atoms with Crippen LogP contribution in [-0.4, -0.2) is 40.0 Å². The summed E-state index contributed by atoms with van der Waals surface area (Å²) in [6, 6.07) is 0.152. The van der Waals surface area contributed by atoms with Gasteiger partial charge in [0.05, 0.1) is 23.8 Å². The van der Waals surface area contributed by atoms with E-state index in [-0.39, 0.29) is 29.4 Å². The van der Waals surface area contributed by atoms with Crippen molar-refractivity contribution in [2.75, 3.05) is 12.4 Å². The van der Waals surface area contributed by atoms with Gasteiger partial charge in [0.2, 0.25) is 5.91 Å². The highest BCUT2D eigenvalue weighted by atomic mass is 32.2. The van der Waals surface area contributed by atoms with Gasteiger partial charge in [0.1, 0.15) is 4.83 Å². The highest BCUT2D eigenvalue weighted by molar-refractivity contribution is 7.99. The molecule has 0 aromatic carbocycles. The van der Waals surface area contributed by atoms with Crippen molar-refractivity contribution in [3.63, 3.8) is 0 Å². The molecule has 0 radical (unpaired) electrons. The maximum Gasteiger partial charge on any atom is 0.263 e. The summed E-state index contributed by atoms with van der Waals surface area (Å²) in [7, 11) is 0. The van der Waals surface area contributed by atoms with Crippen molar-refractivity contribution in [2.45, 2.75) is 96.0 Å². The SMILES string of the molecule is CC(C)CC[C@@H](C)NC(=O)CSc1nc2sc3c(c2c(=O)n1C[C@@H]1CCCO1)CCCC3. The van der Waals surface area contributed by atoms with E-state index in [1.165, 1.54) is 28.6 Å². The third-order valence-electron chi connectivity index (χ3n) is 6.37. The van der Waals surface area contributed by atoms with Crippen LogP contribution in [0.4, 0.5) is 0 Å². The number of carbonyl (C=O) groups is 1. The molecule has 2 aliphatic rings. The number of aromatic nitrogens is 2. The van der Waals surface area contributed by atoms with Gasteiger partial charge in [-0.2, -0.15) is 0 Å². The predicted molar refractivity (Wildman–Crippen MR) is 132 cm³/mol. The number of fused-ring (bicyclic) bond motifs is 3. The van der Waals surface area contributed by atoms with Gasteiger partial charge in [0.15, 0.2) is 5.16 Å². The number of ether oxygens (including phenoxy) is 1. The number of nitrogens with one attached hydrogen (secondary N) is 1. The highest BCUT2D eigenvalue weighted by Crippen LogP contribution is 2.35. The minimum absolute atomic E-state index is 0.00487. The lowest BCUT2D eigenvalue weighted by Gasteiger charge is -2.17. The van der Waals surface area contributed by atoms with E-state index in [0.29, 0.717) is 17.6 Å². The molecular formula is C24H35N3O3S2. The smallest absolute Gasteiger partial charge is 0.263 e. The molecule has 2 aromatic heterocycles. The molecule has 1 fully saturated rings. The largest absolute Gasteiger partial charge is 0.376 e. The van der Waals surface area contributed by atoms with Crippen molar-refractivity contribution in [1.29, 1.82) is 0 Å². The Kier molecular flexibility index (Phi) is 7.95. The third kappa shape index (κ3) is 5.57. The molecule has 1 saturated heterocycles. The summed E-state index contributed by atoms with van der Waals surface area (Å²) in [5.41, 5.74) is 1.25. The van der Waals surface area contributed by atoms with Crippen LogP contribution in [-0.2, 0) is 28.9 Å². The van der Waals surface area contributed by atoms with Crippen LogP contribution >= 0.6 is 23.1 Å². The zero-order valence-electron chi connectivity index (χ0n) is 19.4. The first kappa shape index (κ1) is 23.8. The number of hydrogen-bond acceptors (Lipinski definition) is 6. The van der Waals surface area contributed by atoms with Gasteiger partial charge in [-0.3, -0.25) is 14.2 Å². The first-order chi connectivity index (χ1) is 15.4. The lowest BCUT2D eigenvalue weighted by atomic mass is 9.97. The topological polar surface area (TPSA) is 73.2 Å². The Morgan fingerprint density at radius 1 is 1.25 bits per heavy atom. The van der Waals surface area contributed by atoms with Gasteiger partial charge in [0.25, 0.3) is 5.56 Å². The van der Waals surface area contributed by atoms with Crippen LogP contribution in [0, 0.1) is 5.92 Å². The molecule has 1 N–H and O–H groups in total. The standard InChI is InChI=1S/C24H35N3O3S2/c1-15(2)10-11-16(3)25-20(28)14-31-24-26-22-21(18-8-4-5-9-19(18)32-22)23(29)27(24)13-17-7-6-12-30-17/h15-17H,4-14H2,1-3H3,(H,25,28)/t16-,17+/m1/s1. The number of thiophene rings is 1. The van der Waals surface area contributed by atoms with Crippen LogP contribution in [0.5, 0.6) is 0 Å². The second kappa shape index (κ2) is 10.7. The quantitative estimate of drug-likeness (QED) is 0.424. The van der Waals surface area contributed by atoms with Crippen LogP contribution in [0.2, 0.25) is 0 Å². The Labute approximate surface area is 198 Å². The molecule has 0 spiro atoms. The summed E-state index contributed by atoms with van der Waals surface area (Å²) in [6.45, 7) is 7.71. The van der Waals surface area contributed by atoms with Crippen LogP contribution in [0.3, 0.4) is 0 Å². The van der Waals surface area contributed by atoms with Crippen LogP contribution < -0.4 is 10.9 Å². The van der Waals surface area contributed by atoms with E-state index in [2.05, 4.69) is 26.1 Å². The average molecular weight is 478 g/mol. The summed E-state index contributed by atoms with van der Waals surface area (Å²) in [5, 5.41) is 4.54. The maximum absolute atomic E-state index is 13.6. The molecule has 0 bridgehead atoms. The second-order valence-electron chi connectivity index (χ2n) is 9.56. The van der Waals surface area contributed by atoms with Crippen LogP contribution in [0.1, 0.15) is 69.7 Å². The van der Waals surface area contributed by atoms with E-state index in [1.54, 1.807) is 15.9 Å². The van der Waals surface area contributed by atoms with E-state index in [0.717, 1.165) is 61.8 Å². The zero-order chi connectivity index (χ0) is 22.7. The average Bonchev–Trinajstić information content (AvgIpc) is 3.40. The number of nitrogens with zero attached hydrogens (tertiary/aromatic N) is 2. The van der Waals surface area contributed by atoms with Crippen molar-refractivity contribution >= 4 is 39.2 Å². The fourth-order valence-corrected chi connectivity index (χ4v) is 6.71. The first-order valence-corrected chi connectivity index (χ1v) is 13.8. The van der Waals surface area contributed by atoms with E-state index in [9.17, 15) is 9.59 Å². The van der Waals surface area contributed by atoms with Gasteiger partial charge in [0, 0.05) is 17.5 Å². The monoisotopic (exact) mass is 477 g/mol. The maximum atomic E-state index is 13.6. The fourth-order valence-electron chi connectivity index (χ4n) is 4.59. The molecule has 3 heterocycles. The molecule has 1 aliphatic carbocycles. The molecule has 32 heavy (non-hydrogen) atoms. The lowest BCUT2D eigenvalue weighted by Crippen LogP contribution is -2.34. The molecule has 2 atom stereocenters. The summed E-state index contributed by atoms with van der Waals surface area (Å²) >= 11 is 3.03. The zero-order valence-corrected chi connectivity index (χ0v) is 21.1. The fraction of sp³-hybridized carbons (Fsp3) is 0.708. The Hall–Kier alpha value is -1.38. The molecule has 176 valence electrons. The molecule has 1 amide bonds. The van der Waals surface area contributed by atoms with Crippen LogP contribution in [0.25, 0.3) is 10.2 Å². The van der Waals surface area contributed by atoms with Gasteiger partial charge in [-0.15, -0.1) is 11.3 Å². The Morgan fingerprint density at radius 3 is 2.81 bits per heavy atom. The molecule has 4 rings (SSSR count). The highest BCUT2D eigenvalue weighted by Gasteiger charge is 2.25. The molecule has 0 saturated carbocycles. The molecule has 8 heteroatoms. The van der Waals surface area contributed by atoms with E-state index < -0.39 is 0 Å². The molecule has 0 unspecified atom stereocenters. The van der Waals surface area contributed by atoms with E-state index in [4.69, 9.17) is 9.72 Å². The van der Waals surface area contributed by atoms with E-state index in [1.807, 2.05) is 0 Å². The van der Waals surface area contributed by atoms with Gasteiger partial charge < -0.3 is 10.1 Å². The molecule has 2 aromatic rings. The normalized spacial score (nSPS) is 19.4. The molecular weight excluding hydrogens is 442 g/mol. The van der Waals surface area contributed by atoms with Crippen molar-refractivity contribution in [2.24, 2.45) is 5.92 Å². The third-order valence-corrected chi connectivity index (χ3v) is 8.53. The number of carbonyl (C=O) groups excluding carboxylic acids is 1. The Morgan fingerprint density at radius 2 is 2.06 bits per heavy atom. The summed E-state index contributed by atoms with van der Waals surface area (Å²) < 4.78 is 7.60. The predicted octanol–water partition coefficient (Wildman–Crippen LogP) is 4.55. The Bertz CT molecular complexity index is 1010. The summed E-state index contributed by atoms with van der Waals surface area (Å²) in [5.74, 6) is 0.888. The van der Waals surface area contributed by atoms with Gasteiger partial charge in [-0.1, -0.05) is 25.6 Å². The van der Waals surface area contributed by atoms with Gasteiger partial charge in [-0.05, 0) is 69.8 Å². The molecule has 1 aliphatic heterocycles. The van der Waals surface area contributed by atoms with Crippen molar-refractivity contribution in [3.05, 3.63) is 20.8 Å². The number of thioether (sulfide) groups is 1. The van der Waals surface area contributed by atoms with Crippen molar-refractivity contribution in [3.8, 4) is 0 Å². The second-order valence-corrected chi connectivity index (χ2v) is 11.6. The van der Waals surface area contributed by atoms with Gasteiger partial charge in [-0.25, -0.2) is 4.98 Å². The number of aryl methyl sites for hydroxylation is 2. The lowest BCUT2D eigenvalue weighted by molar-refractivity contribution is -0.119. The van der Waals surface area contributed by atoms with Crippen LogP contribution in [0.15, 0.2) is 9.95 Å². The minimum Gasteiger partial charge on any atom is -0.376 e.